The Labute approximate surface area is 372 Å². The molecule has 10 aromatic carbocycles. The van der Waals surface area contributed by atoms with E-state index < -0.39 is 10.8 Å². The fraction of sp³-hybridized carbons (Fsp3) is 0.0328. The minimum atomic E-state index is -0.786. The Kier molecular flexibility index (Phi) is 8.04. The van der Waals surface area contributed by atoms with Gasteiger partial charge < -0.3 is 0 Å². The molecular formula is C61H39N3. The minimum Gasteiger partial charge on any atom is -0.208 e. The van der Waals surface area contributed by atoms with Crippen molar-refractivity contribution in [2.24, 2.45) is 0 Å². The normalized spacial score (nSPS) is 16.9. The third-order valence-electron chi connectivity index (χ3n) is 13.9. The second-order valence-corrected chi connectivity index (χ2v) is 17.0. The molecule has 0 N–H and O–H groups in total. The monoisotopic (exact) mass is 813 g/mol. The van der Waals surface area contributed by atoms with Gasteiger partial charge >= 0.3 is 0 Å². The van der Waals surface area contributed by atoms with E-state index >= 15 is 0 Å². The maximum atomic E-state index is 5.54. The lowest BCUT2D eigenvalue weighted by molar-refractivity contribution is 0.627. The average molecular weight is 814 g/mol. The topological polar surface area (TPSA) is 38.7 Å². The fourth-order valence-corrected chi connectivity index (χ4v) is 11.4. The van der Waals surface area contributed by atoms with Crippen LogP contribution in [0.1, 0.15) is 44.5 Å². The summed E-state index contributed by atoms with van der Waals surface area (Å²) in [5.74, 6) is 1.90. The highest BCUT2D eigenvalue weighted by atomic mass is 15.0. The van der Waals surface area contributed by atoms with Crippen LogP contribution in [-0.2, 0) is 10.8 Å². The summed E-state index contributed by atoms with van der Waals surface area (Å²) in [7, 11) is 0. The molecule has 3 nitrogen and oxygen atoms in total. The third kappa shape index (κ3) is 5.01. The van der Waals surface area contributed by atoms with E-state index in [1.165, 1.54) is 50.1 Å². The second-order valence-electron chi connectivity index (χ2n) is 17.0. The van der Waals surface area contributed by atoms with E-state index in [0.717, 1.165) is 43.8 Å². The Morgan fingerprint density at radius 3 is 1.19 bits per heavy atom. The highest BCUT2D eigenvalue weighted by molar-refractivity contribution is 5.98. The summed E-state index contributed by atoms with van der Waals surface area (Å²) in [5.41, 5.74) is 14.0. The van der Waals surface area contributed by atoms with Gasteiger partial charge in [-0.25, -0.2) is 15.0 Å². The van der Waals surface area contributed by atoms with Crippen LogP contribution >= 0.6 is 0 Å². The van der Waals surface area contributed by atoms with Gasteiger partial charge in [0.2, 0.25) is 0 Å². The zero-order valence-corrected chi connectivity index (χ0v) is 34.9. The third-order valence-corrected chi connectivity index (χ3v) is 13.9. The number of hydrogen-bond donors (Lipinski definition) is 0. The zero-order valence-electron chi connectivity index (χ0n) is 34.9. The molecular weight excluding hydrogens is 775 g/mol. The van der Waals surface area contributed by atoms with Crippen molar-refractivity contribution in [3.05, 3.63) is 281 Å². The molecule has 0 saturated heterocycles. The van der Waals surface area contributed by atoms with Gasteiger partial charge in [-0.3, -0.25) is 0 Å². The largest absolute Gasteiger partial charge is 0.208 e. The van der Waals surface area contributed by atoms with Crippen LogP contribution in [0.3, 0.4) is 0 Å². The lowest BCUT2D eigenvalue weighted by Gasteiger charge is -2.50. The molecule has 0 amide bonds. The molecule has 2 atom stereocenters. The first-order chi connectivity index (χ1) is 31.8. The number of nitrogens with zero attached hydrogens (tertiary/aromatic N) is 3. The predicted molar refractivity (Wildman–Crippen MR) is 260 cm³/mol. The molecule has 0 saturated carbocycles. The summed E-state index contributed by atoms with van der Waals surface area (Å²) in [6.45, 7) is 0. The van der Waals surface area contributed by atoms with Crippen LogP contribution in [0.15, 0.2) is 237 Å². The molecule has 0 bridgehead atoms. The lowest BCUT2D eigenvalue weighted by atomic mass is 9.51. The standard InChI is InChI=1S/C61H39N3/c1-3-24-42(25-4-1)60(53-37-15-16-38-54(53)61(43-26-5-2-6-27-43)51-35-13-11-30-46(51)47-32-19-39-55(60)56(47)61)52-36-14-12-31-50(52)59-63-57(48-33-17-22-40-20-7-9-28-44(40)48)62-58(64-59)49-34-18-23-41-21-8-10-29-45(41)49/h1-39H. The summed E-state index contributed by atoms with van der Waals surface area (Å²) >= 11 is 0. The van der Waals surface area contributed by atoms with Gasteiger partial charge in [-0.05, 0) is 77.2 Å². The molecule has 0 spiro atoms. The maximum Gasteiger partial charge on any atom is 0.164 e. The summed E-state index contributed by atoms with van der Waals surface area (Å²) < 4.78 is 0. The van der Waals surface area contributed by atoms with Gasteiger partial charge in [0.1, 0.15) is 0 Å². The van der Waals surface area contributed by atoms with Crippen LogP contribution in [0.2, 0.25) is 0 Å². The van der Waals surface area contributed by atoms with Crippen molar-refractivity contribution in [2.45, 2.75) is 10.8 Å². The Hall–Kier alpha value is -8.27. The molecule has 3 heteroatoms. The van der Waals surface area contributed by atoms with Gasteiger partial charge in [0.05, 0.1) is 10.8 Å². The molecule has 1 aromatic heterocycles. The van der Waals surface area contributed by atoms with Crippen molar-refractivity contribution in [1.82, 2.24) is 15.0 Å². The highest BCUT2D eigenvalue weighted by Gasteiger charge is 2.58. The van der Waals surface area contributed by atoms with Crippen molar-refractivity contribution >= 4 is 21.5 Å². The van der Waals surface area contributed by atoms with Crippen molar-refractivity contribution < 1.29 is 0 Å². The molecule has 2 unspecified atom stereocenters. The summed E-state index contributed by atoms with van der Waals surface area (Å²) in [6.07, 6.45) is 0. The Morgan fingerprint density at radius 2 is 0.594 bits per heavy atom. The Bertz CT molecular complexity index is 3530. The first kappa shape index (κ1) is 36.4. The quantitative estimate of drug-likeness (QED) is 0.168. The second kappa shape index (κ2) is 14.1. The number of rotatable bonds is 6. The van der Waals surface area contributed by atoms with Gasteiger partial charge in [-0.1, -0.05) is 237 Å². The fourth-order valence-electron chi connectivity index (χ4n) is 11.4. The molecule has 0 aliphatic heterocycles. The SMILES string of the molecule is c1ccc(C2(c3ccccc3-c3nc(-c4cccc5ccccc45)nc(-c4cccc5ccccc45)n3)c3ccccc3C3(c4ccccc4)c4ccccc4-c4cccc2c43)cc1. The first-order valence-electron chi connectivity index (χ1n) is 22.0. The summed E-state index contributed by atoms with van der Waals surface area (Å²) in [6, 6.07) is 86.0. The van der Waals surface area contributed by atoms with Crippen LogP contribution < -0.4 is 0 Å². The Balaban J connectivity index is 1.17. The van der Waals surface area contributed by atoms with Gasteiger partial charge in [-0.15, -0.1) is 0 Å². The molecule has 2 aliphatic carbocycles. The van der Waals surface area contributed by atoms with E-state index in [9.17, 15) is 0 Å². The molecule has 298 valence electrons. The van der Waals surface area contributed by atoms with E-state index in [2.05, 4.69) is 237 Å². The van der Waals surface area contributed by atoms with Crippen LogP contribution in [0.5, 0.6) is 0 Å². The highest BCUT2D eigenvalue weighted by Crippen LogP contribution is 2.66. The summed E-state index contributed by atoms with van der Waals surface area (Å²) in [5, 5.41) is 4.46. The first-order valence-corrected chi connectivity index (χ1v) is 22.0. The van der Waals surface area contributed by atoms with Crippen LogP contribution in [0.4, 0.5) is 0 Å². The lowest BCUT2D eigenvalue weighted by Crippen LogP contribution is -2.44. The van der Waals surface area contributed by atoms with Crippen molar-refractivity contribution in [2.75, 3.05) is 0 Å². The number of hydrogen-bond acceptors (Lipinski definition) is 3. The van der Waals surface area contributed by atoms with E-state index in [1.807, 2.05) is 0 Å². The van der Waals surface area contributed by atoms with Crippen LogP contribution in [0.25, 0.3) is 66.8 Å². The number of aromatic nitrogens is 3. The molecule has 64 heavy (non-hydrogen) atoms. The average Bonchev–Trinajstić information content (AvgIpc) is 3.69. The number of fused-ring (bicyclic) bond motifs is 7. The molecule has 0 fully saturated rings. The number of benzene rings is 10. The molecule has 0 radical (unpaired) electrons. The van der Waals surface area contributed by atoms with Gasteiger partial charge in [0.25, 0.3) is 0 Å². The van der Waals surface area contributed by atoms with Gasteiger partial charge in [-0.2, -0.15) is 0 Å². The molecule has 11 aromatic rings. The van der Waals surface area contributed by atoms with E-state index in [4.69, 9.17) is 15.0 Å². The molecule has 13 rings (SSSR count). The minimum absolute atomic E-state index is 0.552. The zero-order chi connectivity index (χ0) is 42.2. The Morgan fingerprint density at radius 1 is 0.234 bits per heavy atom. The van der Waals surface area contributed by atoms with Gasteiger partial charge in [0, 0.05) is 16.7 Å². The van der Waals surface area contributed by atoms with Crippen molar-refractivity contribution in [3.63, 3.8) is 0 Å². The van der Waals surface area contributed by atoms with E-state index in [0.29, 0.717) is 17.5 Å². The van der Waals surface area contributed by atoms with Crippen molar-refractivity contribution in [1.29, 1.82) is 0 Å². The van der Waals surface area contributed by atoms with Gasteiger partial charge in [0.15, 0.2) is 17.5 Å². The molecule has 2 aliphatic rings. The van der Waals surface area contributed by atoms with Crippen molar-refractivity contribution in [3.8, 4) is 45.3 Å². The maximum absolute atomic E-state index is 5.54. The van der Waals surface area contributed by atoms with Crippen LogP contribution in [-0.4, -0.2) is 15.0 Å². The van der Waals surface area contributed by atoms with E-state index in [-0.39, 0.29) is 0 Å². The predicted octanol–water partition coefficient (Wildman–Crippen LogP) is 14.2. The molecule has 1 heterocycles. The smallest absolute Gasteiger partial charge is 0.164 e. The van der Waals surface area contributed by atoms with Crippen LogP contribution in [0, 0.1) is 0 Å². The summed E-state index contributed by atoms with van der Waals surface area (Å²) in [4.78, 5) is 16.4. The van der Waals surface area contributed by atoms with E-state index in [1.54, 1.807) is 0 Å².